The first-order chi connectivity index (χ1) is 16.1. The molecule has 5 rings (SSSR count). The maximum Gasteiger partial charge on any atom is 0.125 e. The van der Waals surface area contributed by atoms with Crippen molar-refractivity contribution in [3.8, 4) is 5.75 Å². The number of ether oxygens (including phenoxy) is 2. The zero-order valence-electron chi connectivity index (χ0n) is 19.7. The first-order valence-electron chi connectivity index (χ1n) is 12.0. The molecule has 1 saturated heterocycles. The number of nitrogens with zero attached hydrogens (tertiary/aromatic N) is 1. The quantitative estimate of drug-likeness (QED) is 0.374. The van der Waals surface area contributed by atoms with E-state index in [1.54, 1.807) is 0 Å². The molecule has 1 spiro atoms. The van der Waals surface area contributed by atoms with Gasteiger partial charge >= 0.3 is 0 Å². The van der Waals surface area contributed by atoms with Crippen LogP contribution in [0.2, 0.25) is 5.02 Å². The van der Waals surface area contributed by atoms with Crippen LogP contribution in [-0.4, -0.2) is 36.2 Å². The molecule has 1 fully saturated rings. The SMILES string of the molecule is CC1Oc2ccc(Cl)cc2COC12CCN(CCC(c1ccccc1)c1ccccc1)CC2.Cl. The van der Waals surface area contributed by atoms with E-state index in [2.05, 4.69) is 72.5 Å². The molecule has 5 heteroatoms. The third-order valence-corrected chi connectivity index (χ3v) is 7.66. The van der Waals surface area contributed by atoms with Gasteiger partial charge in [-0.3, -0.25) is 0 Å². The summed E-state index contributed by atoms with van der Waals surface area (Å²) in [7, 11) is 0. The standard InChI is InChI=1S/C29H32ClNO2.ClH/c1-22-29(32-21-25-20-26(30)12-13-28(25)33-22)15-18-31(19-16-29)17-14-27(23-8-4-2-5-9-23)24-10-6-3-7-11-24;/h2-13,20,22,27H,14-19,21H2,1H3;1H. The first kappa shape index (κ1) is 25.1. The normalized spacial score (nSPS) is 19.7. The highest BCUT2D eigenvalue weighted by Crippen LogP contribution is 2.39. The zero-order chi connectivity index (χ0) is 22.7. The van der Waals surface area contributed by atoms with Gasteiger partial charge in [-0.1, -0.05) is 72.3 Å². The fourth-order valence-corrected chi connectivity index (χ4v) is 5.52. The summed E-state index contributed by atoms with van der Waals surface area (Å²) in [6.07, 6.45) is 3.09. The van der Waals surface area contributed by atoms with Gasteiger partial charge in [0.2, 0.25) is 0 Å². The van der Waals surface area contributed by atoms with Gasteiger partial charge in [0.25, 0.3) is 0 Å². The van der Waals surface area contributed by atoms with Crippen molar-refractivity contribution in [1.82, 2.24) is 4.90 Å². The van der Waals surface area contributed by atoms with E-state index in [9.17, 15) is 0 Å². The fourth-order valence-electron chi connectivity index (χ4n) is 5.33. The summed E-state index contributed by atoms with van der Waals surface area (Å²) in [5.74, 6) is 1.32. The van der Waals surface area contributed by atoms with Gasteiger partial charge in [0, 0.05) is 29.6 Å². The van der Waals surface area contributed by atoms with Crippen LogP contribution in [0.5, 0.6) is 5.75 Å². The van der Waals surface area contributed by atoms with Gasteiger partial charge < -0.3 is 14.4 Å². The Labute approximate surface area is 214 Å². The highest BCUT2D eigenvalue weighted by atomic mass is 35.5. The molecule has 3 aromatic carbocycles. The molecule has 0 radical (unpaired) electrons. The van der Waals surface area contributed by atoms with Gasteiger partial charge in [0.15, 0.2) is 0 Å². The Morgan fingerprint density at radius 2 is 1.56 bits per heavy atom. The number of benzene rings is 3. The molecule has 180 valence electrons. The monoisotopic (exact) mass is 497 g/mol. The Balaban J connectivity index is 0.00000274. The average Bonchev–Trinajstić information content (AvgIpc) is 2.98. The van der Waals surface area contributed by atoms with Crippen LogP contribution in [0.4, 0.5) is 0 Å². The Morgan fingerprint density at radius 1 is 0.941 bits per heavy atom. The van der Waals surface area contributed by atoms with E-state index in [1.165, 1.54) is 11.1 Å². The molecule has 1 unspecified atom stereocenters. The number of fused-ring (bicyclic) bond motifs is 1. The molecule has 3 aromatic rings. The van der Waals surface area contributed by atoms with E-state index in [4.69, 9.17) is 21.1 Å². The fraction of sp³-hybridized carbons (Fsp3) is 0.379. The zero-order valence-corrected chi connectivity index (χ0v) is 21.2. The van der Waals surface area contributed by atoms with Crippen molar-refractivity contribution in [2.75, 3.05) is 19.6 Å². The predicted octanol–water partition coefficient (Wildman–Crippen LogP) is 7.12. The van der Waals surface area contributed by atoms with Crippen LogP contribution in [0.15, 0.2) is 78.9 Å². The highest BCUT2D eigenvalue weighted by molar-refractivity contribution is 6.30. The molecule has 0 aliphatic carbocycles. The van der Waals surface area contributed by atoms with Crippen LogP contribution in [0.25, 0.3) is 0 Å². The van der Waals surface area contributed by atoms with Crippen molar-refractivity contribution < 1.29 is 9.47 Å². The lowest BCUT2D eigenvalue weighted by atomic mass is 9.85. The topological polar surface area (TPSA) is 21.7 Å². The van der Waals surface area contributed by atoms with Gasteiger partial charge in [-0.25, -0.2) is 0 Å². The van der Waals surface area contributed by atoms with E-state index >= 15 is 0 Å². The lowest BCUT2D eigenvalue weighted by Crippen LogP contribution is -2.53. The molecule has 3 nitrogen and oxygen atoms in total. The van der Waals surface area contributed by atoms with Gasteiger partial charge in [-0.2, -0.15) is 0 Å². The second-order valence-corrected chi connectivity index (χ2v) is 9.81. The minimum atomic E-state index is -0.236. The first-order valence-corrected chi connectivity index (χ1v) is 12.4. The molecule has 1 atom stereocenters. The molecule has 2 aliphatic rings. The van der Waals surface area contributed by atoms with Crippen molar-refractivity contribution in [3.63, 3.8) is 0 Å². The van der Waals surface area contributed by atoms with Crippen LogP contribution in [-0.2, 0) is 11.3 Å². The number of halogens is 2. The molecule has 0 amide bonds. The minimum absolute atomic E-state index is 0. The summed E-state index contributed by atoms with van der Waals surface area (Å²) < 4.78 is 12.9. The summed E-state index contributed by atoms with van der Waals surface area (Å²) in [5.41, 5.74) is 3.59. The molecule has 2 aliphatic heterocycles. The van der Waals surface area contributed by atoms with Crippen LogP contribution < -0.4 is 4.74 Å². The molecule has 0 aromatic heterocycles. The molecule has 2 heterocycles. The summed E-state index contributed by atoms with van der Waals surface area (Å²) in [6, 6.07) is 27.6. The second kappa shape index (κ2) is 11.1. The van der Waals surface area contributed by atoms with Crippen LogP contribution in [0, 0.1) is 0 Å². The van der Waals surface area contributed by atoms with Crippen molar-refractivity contribution in [1.29, 1.82) is 0 Å². The van der Waals surface area contributed by atoms with Gasteiger partial charge in [-0.15, -0.1) is 12.4 Å². The second-order valence-electron chi connectivity index (χ2n) is 9.37. The van der Waals surface area contributed by atoms with Gasteiger partial charge in [0.1, 0.15) is 17.5 Å². The van der Waals surface area contributed by atoms with E-state index in [0.29, 0.717) is 12.5 Å². The third-order valence-electron chi connectivity index (χ3n) is 7.42. The Morgan fingerprint density at radius 3 is 2.18 bits per heavy atom. The van der Waals surface area contributed by atoms with Crippen LogP contribution in [0.3, 0.4) is 0 Å². The summed E-state index contributed by atoms with van der Waals surface area (Å²) in [4.78, 5) is 2.59. The van der Waals surface area contributed by atoms with Crippen molar-refractivity contribution in [2.24, 2.45) is 0 Å². The van der Waals surface area contributed by atoms with E-state index in [0.717, 1.165) is 55.2 Å². The summed E-state index contributed by atoms with van der Waals surface area (Å²) in [6.45, 7) is 5.85. The number of hydrogen-bond donors (Lipinski definition) is 0. The Bertz CT molecular complexity index is 1010. The van der Waals surface area contributed by atoms with Crippen LogP contribution in [0.1, 0.15) is 48.8 Å². The molecular weight excluding hydrogens is 465 g/mol. The average molecular weight is 498 g/mol. The highest BCUT2D eigenvalue weighted by Gasteiger charge is 2.43. The molecule has 0 bridgehead atoms. The number of piperidine rings is 1. The number of hydrogen-bond acceptors (Lipinski definition) is 3. The summed E-state index contributed by atoms with van der Waals surface area (Å²) in [5, 5.41) is 0.728. The number of rotatable bonds is 5. The Hall–Kier alpha value is -2.04. The van der Waals surface area contributed by atoms with Crippen molar-refractivity contribution in [2.45, 2.75) is 50.4 Å². The molecular formula is C29H33Cl2NO2. The van der Waals surface area contributed by atoms with Gasteiger partial charge in [0.05, 0.1) is 6.61 Å². The maximum absolute atomic E-state index is 6.53. The molecule has 34 heavy (non-hydrogen) atoms. The Kier molecular flexibility index (Phi) is 8.21. The third kappa shape index (κ3) is 5.44. The van der Waals surface area contributed by atoms with Gasteiger partial charge in [-0.05, 0) is 62.1 Å². The lowest BCUT2D eigenvalue weighted by Gasteiger charge is -2.44. The minimum Gasteiger partial charge on any atom is -0.487 e. The maximum atomic E-state index is 6.53. The smallest absolute Gasteiger partial charge is 0.125 e. The van der Waals surface area contributed by atoms with Crippen molar-refractivity contribution >= 4 is 24.0 Å². The predicted molar refractivity (Wildman–Crippen MR) is 141 cm³/mol. The van der Waals surface area contributed by atoms with Crippen molar-refractivity contribution in [3.05, 3.63) is 101 Å². The largest absolute Gasteiger partial charge is 0.487 e. The molecule has 0 saturated carbocycles. The van der Waals surface area contributed by atoms with Crippen LogP contribution >= 0.6 is 24.0 Å². The van der Waals surface area contributed by atoms with E-state index < -0.39 is 0 Å². The van der Waals surface area contributed by atoms with E-state index in [1.807, 2.05) is 18.2 Å². The molecule has 0 N–H and O–H groups in total. The number of likely N-dealkylation sites (tertiary alicyclic amines) is 1. The lowest BCUT2D eigenvalue weighted by molar-refractivity contribution is -0.136. The van der Waals surface area contributed by atoms with E-state index in [-0.39, 0.29) is 24.1 Å². The summed E-state index contributed by atoms with van der Waals surface area (Å²) >= 11 is 6.19.